The van der Waals surface area contributed by atoms with Crippen molar-refractivity contribution in [3.05, 3.63) is 29.0 Å². The Morgan fingerprint density at radius 3 is 2.80 bits per heavy atom. The quantitative estimate of drug-likeness (QED) is 0.937. The molecule has 0 aliphatic rings. The van der Waals surface area contributed by atoms with Gasteiger partial charge in [-0.15, -0.1) is 5.10 Å². The van der Waals surface area contributed by atoms with Crippen LogP contribution in [0.15, 0.2) is 18.2 Å². The van der Waals surface area contributed by atoms with Crippen LogP contribution in [0.4, 0.5) is 4.39 Å². The lowest BCUT2D eigenvalue weighted by Crippen LogP contribution is -2.39. The Morgan fingerprint density at radius 2 is 2.25 bits per heavy atom. The monoisotopic (exact) mass is 298 g/mol. The molecule has 1 N–H and O–H groups in total. The average Bonchev–Trinajstić information content (AvgIpc) is 2.87. The van der Waals surface area contributed by atoms with Crippen LogP contribution in [0.1, 0.15) is 20.3 Å². The molecule has 0 saturated carbocycles. The zero-order chi connectivity index (χ0) is 14.9. The number of rotatable bonds is 4. The molecule has 0 fully saturated rings. The van der Waals surface area contributed by atoms with E-state index in [2.05, 4.69) is 15.5 Å². The summed E-state index contributed by atoms with van der Waals surface area (Å²) in [6.07, 6.45) is 0.246. The molecule has 1 aromatic carbocycles. The van der Waals surface area contributed by atoms with Gasteiger partial charge in [0.05, 0.1) is 5.56 Å². The third kappa shape index (κ3) is 2.24. The molecule has 1 unspecified atom stereocenters. The van der Waals surface area contributed by atoms with Crippen molar-refractivity contribution >= 4 is 17.6 Å². The predicted molar refractivity (Wildman–Crippen MR) is 69.8 cm³/mol. The molecule has 106 valence electrons. The van der Waals surface area contributed by atoms with Gasteiger partial charge in [0.15, 0.2) is 11.4 Å². The van der Waals surface area contributed by atoms with Crippen molar-refractivity contribution in [2.45, 2.75) is 25.8 Å². The second kappa shape index (κ2) is 5.16. The number of carbonyl (C=O) groups is 1. The SMILES string of the molecule is CCC(C)(C(=O)O)n1nnnc1-c1ccc(Cl)cc1F. The van der Waals surface area contributed by atoms with Crippen LogP contribution in [-0.4, -0.2) is 31.3 Å². The molecule has 0 bridgehead atoms. The van der Waals surface area contributed by atoms with E-state index in [4.69, 9.17) is 11.6 Å². The minimum atomic E-state index is -1.36. The molecular weight excluding hydrogens is 287 g/mol. The lowest BCUT2D eigenvalue weighted by Gasteiger charge is -2.24. The van der Waals surface area contributed by atoms with Crippen LogP contribution in [0.25, 0.3) is 11.4 Å². The number of aliphatic carboxylic acids is 1. The molecule has 20 heavy (non-hydrogen) atoms. The molecule has 8 heteroatoms. The molecule has 1 heterocycles. The Balaban J connectivity index is 2.61. The number of tetrazole rings is 1. The summed E-state index contributed by atoms with van der Waals surface area (Å²) in [4.78, 5) is 11.4. The van der Waals surface area contributed by atoms with E-state index in [1.54, 1.807) is 6.92 Å². The van der Waals surface area contributed by atoms with E-state index >= 15 is 0 Å². The van der Waals surface area contributed by atoms with Crippen molar-refractivity contribution in [1.29, 1.82) is 0 Å². The molecule has 0 spiro atoms. The highest BCUT2D eigenvalue weighted by Crippen LogP contribution is 2.28. The summed E-state index contributed by atoms with van der Waals surface area (Å²) in [5.74, 6) is -1.66. The van der Waals surface area contributed by atoms with Gasteiger partial charge in [0.25, 0.3) is 0 Å². The maximum Gasteiger partial charge on any atom is 0.331 e. The fourth-order valence-electron chi connectivity index (χ4n) is 1.75. The predicted octanol–water partition coefficient (Wildman–Crippen LogP) is 2.34. The molecule has 0 radical (unpaired) electrons. The van der Waals surface area contributed by atoms with Crippen molar-refractivity contribution in [3.63, 3.8) is 0 Å². The van der Waals surface area contributed by atoms with Crippen molar-refractivity contribution in [2.24, 2.45) is 0 Å². The van der Waals surface area contributed by atoms with Gasteiger partial charge < -0.3 is 5.11 Å². The van der Waals surface area contributed by atoms with Crippen LogP contribution >= 0.6 is 11.6 Å². The third-order valence-electron chi connectivity index (χ3n) is 3.26. The lowest BCUT2D eigenvalue weighted by atomic mass is 9.99. The normalized spacial score (nSPS) is 14.0. The maximum absolute atomic E-state index is 13.9. The Bertz CT molecular complexity index is 661. The number of hydrogen-bond donors (Lipinski definition) is 1. The van der Waals surface area contributed by atoms with Gasteiger partial charge in [0.1, 0.15) is 5.82 Å². The van der Waals surface area contributed by atoms with Gasteiger partial charge in [0, 0.05) is 5.02 Å². The highest BCUT2D eigenvalue weighted by atomic mass is 35.5. The molecule has 1 aromatic heterocycles. The Kier molecular flexibility index (Phi) is 3.71. The second-order valence-electron chi connectivity index (χ2n) is 4.47. The molecule has 2 rings (SSSR count). The average molecular weight is 299 g/mol. The summed E-state index contributed by atoms with van der Waals surface area (Å²) in [6.45, 7) is 3.17. The highest BCUT2D eigenvalue weighted by molar-refractivity contribution is 6.30. The number of halogens is 2. The van der Waals surface area contributed by atoms with Gasteiger partial charge in [-0.3, -0.25) is 0 Å². The fourth-order valence-corrected chi connectivity index (χ4v) is 1.91. The summed E-state index contributed by atoms with van der Waals surface area (Å²) in [6, 6.07) is 4.03. The molecule has 6 nitrogen and oxygen atoms in total. The van der Waals surface area contributed by atoms with Crippen LogP contribution < -0.4 is 0 Å². The number of hydrogen-bond acceptors (Lipinski definition) is 4. The van der Waals surface area contributed by atoms with Gasteiger partial charge in [-0.1, -0.05) is 18.5 Å². The highest BCUT2D eigenvalue weighted by Gasteiger charge is 2.37. The van der Waals surface area contributed by atoms with Gasteiger partial charge in [-0.25, -0.2) is 13.9 Å². The van der Waals surface area contributed by atoms with Gasteiger partial charge >= 0.3 is 5.97 Å². The van der Waals surface area contributed by atoms with E-state index in [0.29, 0.717) is 0 Å². The number of nitrogens with zero attached hydrogens (tertiary/aromatic N) is 4. The van der Waals surface area contributed by atoms with Crippen LogP contribution in [0.3, 0.4) is 0 Å². The molecule has 0 aliphatic heterocycles. The molecule has 0 aliphatic carbocycles. The van der Waals surface area contributed by atoms with Crippen LogP contribution in [-0.2, 0) is 10.3 Å². The van der Waals surface area contributed by atoms with E-state index < -0.39 is 17.3 Å². The van der Waals surface area contributed by atoms with Crippen molar-refractivity contribution in [1.82, 2.24) is 20.2 Å². The maximum atomic E-state index is 13.9. The number of benzene rings is 1. The third-order valence-corrected chi connectivity index (χ3v) is 3.49. The Morgan fingerprint density at radius 1 is 1.55 bits per heavy atom. The Labute approximate surface area is 119 Å². The molecule has 0 saturated heterocycles. The minimum absolute atomic E-state index is 0.0471. The first-order valence-corrected chi connectivity index (χ1v) is 6.25. The zero-order valence-corrected chi connectivity index (χ0v) is 11.6. The molecule has 2 aromatic rings. The van der Waals surface area contributed by atoms with Gasteiger partial charge in [0.2, 0.25) is 0 Å². The molecule has 0 amide bonds. The van der Waals surface area contributed by atoms with Gasteiger partial charge in [-0.05, 0) is 42.0 Å². The second-order valence-corrected chi connectivity index (χ2v) is 4.91. The van der Waals surface area contributed by atoms with Crippen LogP contribution in [0, 0.1) is 5.82 Å². The summed E-state index contributed by atoms with van der Waals surface area (Å²) in [5.41, 5.74) is -1.26. The topological polar surface area (TPSA) is 80.9 Å². The summed E-state index contributed by atoms with van der Waals surface area (Å²) in [7, 11) is 0. The molecular formula is C12H12ClFN4O2. The smallest absolute Gasteiger partial charge is 0.331 e. The lowest BCUT2D eigenvalue weighted by molar-refractivity contribution is -0.147. The number of carboxylic acid groups (broad SMARTS) is 1. The van der Waals surface area contributed by atoms with Crippen LogP contribution in [0.2, 0.25) is 5.02 Å². The van der Waals surface area contributed by atoms with E-state index in [9.17, 15) is 14.3 Å². The van der Waals surface area contributed by atoms with E-state index in [1.165, 1.54) is 19.1 Å². The zero-order valence-electron chi connectivity index (χ0n) is 10.8. The molecule has 1 atom stereocenters. The van der Waals surface area contributed by atoms with Crippen LogP contribution in [0.5, 0.6) is 0 Å². The van der Waals surface area contributed by atoms with Crippen molar-refractivity contribution in [2.75, 3.05) is 0 Å². The number of carboxylic acids is 1. The standard InChI is InChI=1S/C12H12ClFN4O2/c1-3-12(2,11(19)20)18-10(15-16-17-18)8-5-4-7(13)6-9(8)14/h4-6H,3H2,1-2H3,(H,19,20). The van der Waals surface area contributed by atoms with Crippen molar-refractivity contribution in [3.8, 4) is 11.4 Å². The van der Waals surface area contributed by atoms with E-state index in [-0.39, 0.29) is 22.8 Å². The fraction of sp³-hybridized carbons (Fsp3) is 0.333. The van der Waals surface area contributed by atoms with Gasteiger partial charge in [-0.2, -0.15) is 0 Å². The summed E-state index contributed by atoms with van der Waals surface area (Å²) < 4.78 is 15.1. The van der Waals surface area contributed by atoms with E-state index in [0.717, 1.165) is 10.7 Å². The first-order valence-electron chi connectivity index (χ1n) is 5.88. The number of aromatic nitrogens is 4. The summed E-state index contributed by atoms with van der Waals surface area (Å²) >= 11 is 5.69. The van der Waals surface area contributed by atoms with Crippen molar-refractivity contribution < 1.29 is 14.3 Å². The minimum Gasteiger partial charge on any atom is -0.479 e. The Hall–Kier alpha value is -2.02. The first kappa shape index (κ1) is 14.4. The first-order chi connectivity index (χ1) is 9.40. The largest absolute Gasteiger partial charge is 0.479 e. The summed E-state index contributed by atoms with van der Waals surface area (Å²) in [5, 5.41) is 20.5. The van der Waals surface area contributed by atoms with E-state index in [1.807, 2.05) is 0 Å².